The molecule has 0 bridgehead atoms. The normalized spacial score (nSPS) is 15.4. The maximum atomic E-state index is 14.2. The van der Waals surface area contributed by atoms with Gasteiger partial charge in [-0.15, -0.1) is 0 Å². The first-order valence-electron chi connectivity index (χ1n) is 10.1. The minimum absolute atomic E-state index is 0.223. The van der Waals surface area contributed by atoms with Crippen LogP contribution < -0.4 is 0 Å². The van der Waals surface area contributed by atoms with Crippen LogP contribution in [0.5, 0.6) is 0 Å². The van der Waals surface area contributed by atoms with Crippen molar-refractivity contribution in [3.63, 3.8) is 0 Å². The van der Waals surface area contributed by atoms with Gasteiger partial charge < -0.3 is 9.30 Å². The van der Waals surface area contributed by atoms with Crippen LogP contribution in [-0.2, 0) is 20.9 Å². The summed E-state index contributed by atoms with van der Waals surface area (Å²) in [4.78, 5) is 38.1. The molecule has 0 spiro atoms. The van der Waals surface area contributed by atoms with E-state index in [1.165, 1.54) is 6.07 Å². The van der Waals surface area contributed by atoms with Crippen LogP contribution in [0.4, 0.5) is 9.18 Å². The number of amides is 2. The number of carbonyl (C=O) groups is 3. The lowest BCUT2D eigenvalue weighted by Crippen LogP contribution is -2.35. The maximum absolute atomic E-state index is 14.2. The van der Waals surface area contributed by atoms with Crippen molar-refractivity contribution in [3.8, 4) is 0 Å². The van der Waals surface area contributed by atoms with Gasteiger partial charge in [0.1, 0.15) is 12.4 Å². The third kappa shape index (κ3) is 4.45. The van der Waals surface area contributed by atoms with Gasteiger partial charge in [0, 0.05) is 28.2 Å². The predicted molar refractivity (Wildman–Crippen MR) is 121 cm³/mol. The monoisotopic (exact) mass is 452 g/mol. The molecular weight excluding hydrogens is 431 g/mol. The Morgan fingerprint density at radius 3 is 2.59 bits per heavy atom. The van der Waals surface area contributed by atoms with Crippen LogP contribution in [0.15, 0.2) is 59.6 Å². The molecule has 0 aliphatic carbocycles. The Morgan fingerprint density at radius 1 is 1.12 bits per heavy atom. The molecular formula is C24H21FN2O4S. The van der Waals surface area contributed by atoms with Crippen LogP contribution in [0.3, 0.4) is 0 Å². The van der Waals surface area contributed by atoms with E-state index >= 15 is 0 Å². The second-order valence-electron chi connectivity index (χ2n) is 7.63. The number of aromatic nitrogens is 1. The number of hydrogen-bond donors (Lipinski definition) is 0. The lowest BCUT2D eigenvalue weighted by atomic mass is 10.1. The molecule has 1 aromatic heterocycles. The number of thioether (sulfide) groups is 1. The molecule has 1 aliphatic heterocycles. The van der Waals surface area contributed by atoms with E-state index < -0.39 is 23.7 Å². The number of carbonyl (C=O) groups excluding carboxylic acids is 3. The number of esters is 1. The van der Waals surface area contributed by atoms with Crippen molar-refractivity contribution < 1.29 is 23.5 Å². The first-order valence-corrected chi connectivity index (χ1v) is 10.9. The van der Waals surface area contributed by atoms with Gasteiger partial charge in [0.25, 0.3) is 11.1 Å². The average molecular weight is 453 g/mol. The zero-order valence-corrected chi connectivity index (χ0v) is 18.4. The van der Waals surface area contributed by atoms with Crippen LogP contribution >= 0.6 is 11.8 Å². The lowest BCUT2D eigenvalue weighted by Gasteiger charge is -2.13. The fraction of sp³-hybridized carbons (Fsp3) is 0.208. The zero-order chi connectivity index (χ0) is 22.8. The van der Waals surface area contributed by atoms with Gasteiger partial charge >= 0.3 is 5.97 Å². The highest BCUT2D eigenvalue weighted by Gasteiger charge is 2.37. The molecule has 0 N–H and O–H groups in total. The summed E-state index contributed by atoms with van der Waals surface area (Å²) in [5.74, 6) is -1.46. The molecule has 4 rings (SSSR count). The second-order valence-corrected chi connectivity index (χ2v) is 8.62. The smallest absolute Gasteiger partial charge is 0.326 e. The van der Waals surface area contributed by atoms with Crippen LogP contribution in [0, 0.1) is 5.82 Å². The Bertz CT molecular complexity index is 1250. The summed E-state index contributed by atoms with van der Waals surface area (Å²) in [5, 5.41) is 0.354. The fourth-order valence-corrected chi connectivity index (χ4v) is 4.37. The van der Waals surface area contributed by atoms with E-state index in [1.54, 1.807) is 38.1 Å². The summed E-state index contributed by atoms with van der Waals surface area (Å²) in [6, 6.07) is 14.2. The second kappa shape index (κ2) is 9.00. The van der Waals surface area contributed by atoms with Gasteiger partial charge in [-0.05, 0) is 43.8 Å². The molecule has 2 amide bonds. The van der Waals surface area contributed by atoms with Crippen molar-refractivity contribution in [1.29, 1.82) is 0 Å². The highest BCUT2D eigenvalue weighted by atomic mass is 32.2. The Labute approximate surface area is 188 Å². The molecule has 164 valence electrons. The molecule has 2 aromatic carbocycles. The number of hydrogen-bond acceptors (Lipinski definition) is 5. The van der Waals surface area contributed by atoms with Crippen molar-refractivity contribution in [2.45, 2.75) is 26.5 Å². The van der Waals surface area contributed by atoms with Crippen LogP contribution in [0.1, 0.15) is 25.0 Å². The SMILES string of the molecule is CC(C)OC(=O)CN1C(=O)S/C(=C/c2cn(Cc3ccccc3F)c3ccccc23)C1=O. The largest absolute Gasteiger partial charge is 0.462 e. The standard InChI is InChI=1S/C24H21FN2O4S/c1-15(2)31-22(28)14-27-23(29)21(32-24(27)30)11-17-13-26(20-10-6-4-8-18(17)20)12-16-7-3-5-9-19(16)25/h3-11,13,15H,12,14H2,1-2H3/b21-11+. The van der Waals surface area contributed by atoms with Crippen molar-refractivity contribution >= 4 is 45.9 Å². The molecule has 1 saturated heterocycles. The number of para-hydroxylation sites is 1. The van der Waals surface area contributed by atoms with Gasteiger partial charge in [-0.2, -0.15) is 0 Å². The number of benzene rings is 2. The van der Waals surface area contributed by atoms with E-state index in [2.05, 4.69) is 0 Å². The highest BCUT2D eigenvalue weighted by Crippen LogP contribution is 2.34. The van der Waals surface area contributed by atoms with Crippen molar-refractivity contribution in [3.05, 3.63) is 76.6 Å². The Balaban J connectivity index is 1.64. The summed E-state index contributed by atoms with van der Waals surface area (Å²) in [5.41, 5.74) is 2.15. The van der Waals surface area contributed by atoms with E-state index in [4.69, 9.17) is 4.74 Å². The number of halogens is 1. The molecule has 32 heavy (non-hydrogen) atoms. The van der Waals surface area contributed by atoms with E-state index in [0.29, 0.717) is 12.1 Å². The number of rotatable bonds is 6. The van der Waals surface area contributed by atoms with Gasteiger partial charge in [-0.1, -0.05) is 36.4 Å². The topological polar surface area (TPSA) is 68.6 Å². The van der Waals surface area contributed by atoms with Crippen LogP contribution in [0.2, 0.25) is 0 Å². The lowest BCUT2D eigenvalue weighted by molar-refractivity contribution is -0.149. The molecule has 2 heterocycles. The molecule has 3 aromatic rings. The van der Waals surface area contributed by atoms with Gasteiger partial charge in [0.05, 0.1) is 17.6 Å². The van der Waals surface area contributed by atoms with E-state index in [1.807, 2.05) is 35.0 Å². The molecule has 6 nitrogen and oxygen atoms in total. The number of nitrogens with zero attached hydrogens (tertiary/aromatic N) is 2. The number of imide groups is 1. The van der Waals surface area contributed by atoms with Gasteiger partial charge in [0.2, 0.25) is 0 Å². The average Bonchev–Trinajstić information content (AvgIpc) is 3.22. The summed E-state index contributed by atoms with van der Waals surface area (Å²) >= 11 is 0.783. The molecule has 8 heteroatoms. The summed E-state index contributed by atoms with van der Waals surface area (Å²) < 4.78 is 21.1. The number of fused-ring (bicyclic) bond motifs is 1. The summed E-state index contributed by atoms with van der Waals surface area (Å²) in [7, 11) is 0. The Morgan fingerprint density at radius 2 is 1.84 bits per heavy atom. The maximum Gasteiger partial charge on any atom is 0.326 e. The van der Waals surface area contributed by atoms with Crippen molar-refractivity contribution in [2.24, 2.45) is 0 Å². The van der Waals surface area contributed by atoms with E-state index in [-0.39, 0.29) is 16.8 Å². The summed E-state index contributed by atoms with van der Waals surface area (Å²) in [6.45, 7) is 3.30. The highest BCUT2D eigenvalue weighted by molar-refractivity contribution is 8.18. The van der Waals surface area contributed by atoms with Crippen LogP contribution in [-0.4, -0.2) is 39.2 Å². The quantitative estimate of drug-likeness (QED) is 0.396. The van der Waals surface area contributed by atoms with Gasteiger partial charge in [0.15, 0.2) is 0 Å². The Hall–Kier alpha value is -3.39. The molecule has 0 atom stereocenters. The Kier molecular flexibility index (Phi) is 6.14. The molecule has 1 aliphatic rings. The predicted octanol–water partition coefficient (Wildman–Crippen LogP) is 4.82. The third-order valence-corrected chi connectivity index (χ3v) is 5.84. The van der Waals surface area contributed by atoms with E-state index in [9.17, 15) is 18.8 Å². The minimum atomic E-state index is -0.634. The first-order chi connectivity index (χ1) is 15.3. The first kappa shape index (κ1) is 21.8. The number of ether oxygens (including phenoxy) is 1. The minimum Gasteiger partial charge on any atom is -0.462 e. The summed E-state index contributed by atoms with van der Waals surface area (Å²) in [6.07, 6.45) is 3.13. The molecule has 0 radical (unpaired) electrons. The van der Waals surface area contributed by atoms with Gasteiger partial charge in [-0.3, -0.25) is 19.3 Å². The molecule has 0 saturated carbocycles. The van der Waals surface area contributed by atoms with Gasteiger partial charge in [-0.25, -0.2) is 4.39 Å². The molecule has 1 fully saturated rings. The third-order valence-electron chi connectivity index (χ3n) is 4.93. The van der Waals surface area contributed by atoms with Crippen LogP contribution in [0.25, 0.3) is 17.0 Å². The fourth-order valence-electron chi connectivity index (χ4n) is 3.54. The van der Waals surface area contributed by atoms with Crippen molar-refractivity contribution in [1.82, 2.24) is 9.47 Å². The van der Waals surface area contributed by atoms with Crippen molar-refractivity contribution in [2.75, 3.05) is 6.54 Å². The van der Waals surface area contributed by atoms with E-state index in [0.717, 1.165) is 33.1 Å². The molecule has 0 unspecified atom stereocenters. The zero-order valence-electron chi connectivity index (χ0n) is 17.6.